The predicted molar refractivity (Wildman–Crippen MR) is 127 cm³/mol. The minimum absolute atomic E-state index is 0.0903. The molecular weight excluding hydrogens is 442 g/mol. The summed E-state index contributed by atoms with van der Waals surface area (Å²) in [6.07, 6.45) is 3.71. The molecule has 176 valence electrons. The van der Waals surface area contributed by atoms with E-state index in [9.17, 15) is 18.0 Å². The summed E-state index contributed by atoms with van der Waals surface area (Å²) in [4.78, 5) is 25.0. The van der Waals surface area contributed by atoms with Gasteiger partial charge in [0.25, 0.3) is 0 Å². The third-order valence-corrected chi connectivity index (χ3v) is 7.90. The van der Waals surface area contributed by atoms with Crippen LogP contribution in [0.5, 0.6) is 0 Å². The maximum absolute atomic E-state index is 13.1. The zero-order chi connectivity index (χ0) is 23.6. The summed E-state index contributed by atoms with van der Waals surface area (Å²) < 4.78 is 34.1. The monoisotopic (exact) mass is 471 g/mol. The Kier molecular flexibility index (Phi) is 6.71. The van der Waals surface area contributed by atoms with E-state index in [2.05, 4.69) is 19.2 Å². The molecule has 0 aliphatic carbocycles. The van der Waals surface area contributed by atoms with Crippen molar-refractivity contribution in [1.82, 2.24) is 8.87 Å². The largest absolute Gasteiger partial charge is 0.420 e. The molecule has 1 fully saturated rings. The first-order chi connectivity index (χ1) is 15.8. The first-order valence-corrected chi connectivity index (χ1v) is 12.7. The molecule has 1 aliphatic heterocycles. The average Bonchev–Trinajstić information content (AvgIpc) is 2.96. The predicted octanol–water partition coefficient (Wildman–Crippen LogP) is 3.92. The fraction of sp³-hybridized carbons (Fsp3) is 0.417. The Balaban J connectivity index is 1.54. The molecule has 9 heteroatoms. The number of fused-ring (bicyclic) bond motifs is 1. The molecule has 2 heterocycles. The molecule has 0 saturated carbocycles. The maximum atomic E-state index is 13.1. The van der Waals surface area contributed by atoms with Crippen molar-refractivity contribution in [3.63, 3.8) is 0 Å². The summed E-state index contributed by atoms with van der Waals surface area (Å²) in [5, 5.41) is 2.78. The summed E-state index contributed by atoms with van der Waals surface area (Å²) in [5.74, 6) is -0.698. The lowest BCUT2D eigenvalue weighted by atomic mass is 10.0. The maximum Gasteiger partial charge on any atom is 0.420 e. The molecule has 1 saturated heterocycles. The van der Waals surface area contributed by atoms with Crippen LogP contribution in [0.15, 0.2) is 56.6 Å². The van der Waals surface area contributed by atoms with Gasteiger partial charge in [0.15, 0.2) is 5.58 Å². The van der Waals surface area contributed by atoms with Crippen molar-refractivity contribution in [2.24, 2.45) is 0 Å². The lowest BCUT2D eigenvalue weighted by Gasteiger charge is -2.19. The topological polar surface area (TPSA) is 102 Å². The van der Waals surface area contributed by atoms with Crippen LogP contribution in [-0.2, 0) is 21.4 Å². The standard InChI is InChI=1S/C24H29N3O5S/c1-17(2)18-7-9-19(10-8-18)25-23(28)16-27-21-12-11-20(15-22(21)32-24(27)29)33(30,31)26-13-5-3-4-6-14-26/h7-12,15,17H,3-6,13-14,16H2,1-2H3,(H,25,28). The van der Waals surface area contributed by atoms with Gasteiger partial charge in [0.05, 0.1) is 10.4 Å². The highest BCUT2D eigenvalue weighted by molar-refractivity contribution is 7.89. The molecule has 2 aromatic carbocycles. The van der Waals surface area contributed by atoms with Crippen LogP contribution in [0.4, 0.5) is 5.69 Å². The molecular formula is C24H29N3O5S. The molecule has 3 aromatic rings. The highest BCUT2D eigenvalue weighted by atomic mass is 32.2. The second-order valence-corrected chi connectivity index (χ2v) is 10.7. The van der Waals surface area contributed by atoms with Crippen LogP contribution in [0.1, 0.15) is 51.0 Å². The molecule has 33 heavy (non-hydrogen) atoms. The number of aromatic nitrogens is 1. The Morgan fingerprint density at radius 3 is 2.33 bits per heavy atom. The van der Waals surface area contributed by atoms with E-state index in [1.807, 2.05) is 24.3 Å². The molecule has 0 unspecified atom stereocenters. The number of benzene rings is 2. The zero-order valence-corrected chi connectivity index (χ0v) is 19.7. The van der Waals surface area contributed by atoms with Crippen LogP contribution in [0.3, 0.4) is 0 Å². The summed E-state index contributed by atoms with van der Waals surface area (Å²) >= 11 is 0. The number of hydrogen-bond donors (Lipinski definition) is 1. The molecule has 8 nitrogen and oxygen atoms in total. The van der Waals surface area contributed by atoms with Crippen molar-refractivity contribution < 1.29 is 17.6 Å². The molecule has 1 aliphatic rings. The fourth-order valence-corrected chi connectivity index (χ4v) is 5.62. The first kappa shape index (κ1) is 23.3. The van der Waals surface area contributed by atoms with E-state index < -0.39 is 15.8 Å². The van der Waals surface area contributed by atoms with Crippen LogP contribution in [0.25, 0.3) is 11.1 Å². The van der Waals surface area contributed by atoms with Gasteiger partial charge in [0, 0.05) is 24.8 Å². The second kappa shape index (κ2) is 9.52. The molecule has 1 aromatic heterocycles. The second-order valence-electron chi connectivity index (χ2n) is 8.73. The minimum Gasteiger partial charge on any atom is -0.408 e. The molecule has 1 amide bonds. The number of amides is 1. The number of carbonyl (C=O) groups is 1. The van der Waals surface area contributed by atoms with Gasteiger partial charge in [-0.1, -0.05) is 38.8 Å². The summed E-state index contributed by atoms with van der Waals surface area (Å²) in [5.41, 5.74) is 2.32. The molecule has 0 atom stereocenters. The molecule has 0 radical (unpaired) electrons. The van der Waals surface area contributed by atoms with E-state index in [1.54, 1.807) is 0 Å². The van der Waals surface area contributed by atoms with Crippen LogP contribution in [0.2, 0.25) is 0 Å². The molecule has 0 bridgehead atoms. The third-order valence-electron chi connectivity index (χ3n) is 6.01. The van der Waals surface area contributed by atoms with Crippen molar-refractivity contribution in [3.8, 4) is 0 Å². The number of sulfonamides is 1. The van der Waals surface area contributed by atoms with Crippen LogP contribution in [0, 0.1) is 0 Å². The van der Waals surface area contributed by atoms with Gasteiger partial charge in [-0.05, 0) is 48.6 Å². The Morgan fingerprint density at radius 2 is 1.70 bits per heavy atom. The van der Waals surface area contributed by atoms with Gasteiger partial charge in [-0.2, -0.15) is 4.31 Å². The van der Waals surface area contributed by atoms with Gasteiger partial charge in [-0.15, -0.1) is 0 Å². The minimum atomic E-state index is -3.67. The number of carbonyl (C=O) groups excluding carboxylic acids is 1. The van der Waals surface area contributed by atoms with E-state index in [1.165, 1.54) is 27.1 Å². The van der Waals surface area contributed by atoms with E-state index >= 15 is 0 Å². The number of hydrogen-bond acceptors (Lipinski definition) is 5. The SMILES string of the molecule is CC(C)c1ccc(NC(=O)Cn2c(=O)oc3cc(S(=O)(=O)N4CCCCCC4)ccc32)cc1. The first-order valence-electron chi connectivity index (χ1n) is 11.3. The molecule has 1 N–H and O–H groups in total. The van der Waals surface area contributed by atoms with Crippen molar-refractivity contribution in [3.05, 3.63) is 58.6 Å². The fourth-order valence-electron chi connectivity index (χ4n) is 4.08. The van der Waals surface area contributed by atoms with Gasteiger partial charge < -0.3 is 9.73 Å². The Morgan fingerprint density at radius 1 is 1.03 bits per heavy atom. The summed E-state index contributed by atoms with van der Waals surface area (Å²) in [7, 11) is -3.67. The van der Waals surface area contributed by atoms with Crippen molar-refractivity contribution in [1.29, 1.82) is 0 Å². The highest BCUT2D eigenvalue weighted by Crippen LogP contribution is 2.24. The smallest absolute Gasteiger partial charge is 0.408 e. The zero-order valence-electron chi connectivity index (χ0n) is 18.9. The van der Waals surface area contributed by atoms with Gasteiger partial charge >= 0.3 is 5.76 Å². The Labute approximate surface area is 193 Å². The van der Waals surface area contributed by atoms with Crippen LogP contribution in [-0.4, -0.2) is 36.3 Å². The number of oxazole rings is 1. The van der Waals surface area contributed by atoms with Crippen molar-refractivity contribution in [2.45, 2.75) is 56.9 Å². The third kappa shape index (κ3) is 5.04. The van der Waals surface area contributed by atoms with Crippen molar-refractivity contribution in [2.75, 3.05) is 18.4 Å². The van der Waals surface area contributed by atoms with E-state index in [-0.39, 0.29) is 22.9 Å². The normalized spacial score (nSPS) is 15.6. The van der Waals surface area contributed by atoms with Crippen LogP contribution >= 0.6 is 0 Å². The van der Waals surface area contributed by atoms with Crippen LogP contribution < -0.4 is 11.1 Å². The van der Waals surface area contributed by atoms with Gasteiger partial charge in [-0.3, -0.25) is 9.36 Å². The highest BCUT2D eigenvalue weighted by Gasteiger charge is 2.26. The van der Waals surface area contributed by atoms with Gasteiger partial charge in [0.1, 0.15) is 6.54 Å². The van der Waals surface area contributed by atoms with Gasteiger partial charge in [0.2, 0.25) is 15.9 Å². The Bertz CT molecular complexity index is 1300. The quantitative estimate of drug-likeness (QED) is 0.587. The summed E-state index contributed by atoms with van der Waals surface area (Å²) in [6, 6.07) is 11.9. The average molecular weight is 472 g/mol. The van der Waals surface area contributed by atoms with E-state index in [4.69, 9.17) is 4.42 Å². The number of nitrogens with one attached hydrogen (secondary N) is 1. The number of nitrogens with zero attached hydrogens (tertiary/aromatic N) is 2. The lowest BCUT2D eigenvalue weighted by Crippen LogP contribution is -2.31. The summed E-state index contributed by atoms with van der Waals surface area (Å²) in [6.45, 7) is 4.92. The number of rotatable bonds is 6. The lowest BCUT2D eigenvalue weighted by molar-refractivity contribution is -0.116. The van der Waals surface area contributed by atoms with Crippen molar-refractivity contribution >= 4 is 32.7 Å². The Hall–Kier alpha value is -2.91. The molecule has 4 rings (SSSR count). The number of anilines is 1. The molecule has 0 spiro atoms. The van der Waals surface area contributed by atoms with E-state index in [0.29, 0.717) is 30.2 Å². The van der Waals surface area contributed by atoms with E-state index in [0.717, 1.165) is 31.2 Å². The van der Waals surface area contributed by atoms with Gasteiger partial charge in [-0.25, -0.2) is 13.2 Å².